The van der Waals surface area contributed by atoms with Crippen LogP contribution in [-0.4, -0.2) is 55.6 Å². The molecule has 2 fully saturated rings. The van der Waals surface area contributed by atoms with Crippen LogP contribution in [0.2, 0.25) is 0 Å². The van der Waals surface area contributed by atoms with Gasteiger partial charge in [0.25, 0.3) is 5.91 Å². The van der Waals surface area contributed by atoms with Crippen LogP contribution in [0.3, 0.4) is 0 Å². The van der Waals surface area contributed by atoms with E-state index in [-0.39, 0.29) is 12.0 Å². The minimum absolute atomic E-state index is 0.140. The number of hydrogen-bond acceptors (Lipinski definition) is 4. The molecule has 1 aromatic carbocycles. The fourth-order valence-electron chi connectivity index (χ4n) is 3.60. The molecule has 2 aliphatic rings. The number of nitrogens with two attached hydrogens (primary N) is 1. The standard InChI is InChI=1S/C18H25N3O3/c1-24-15-11-16(17(19)22)21(12-15)18(23)13-5-7-14(8-6-13)20-9-3-2-4-10-20/h5-8,15-16H,2-4,9-12H2,1H3,(H2,19,22)/t15-,16-/m0/s1. The number of piperidine rings is 1. The van der Waals surface area contributed by atoms with Crippen LogP contribution in [0.1, 0.15) is 36.0 Å². The predicted molar refractivity (Wildman–Crippen MR) is 91.9 cm³/mol. The van der Waals surface area contributed by atoms with Crippen LogP contribution in [0, 0.1) is 0 Å². The molecule has 0 unspecified atom stereocenters. The van der Waals surface area contributed by atoms with Gasteiger partial charge < -0.3 is 20.3 Å². The number of carbonyl (C=O) groups excluding carboxylic acids is 2. The van der Waals surface area contributed by atoms with Crippen molar-refractivity contribution in [3.63, 3.8) is 0 Å². The van der Waals surface area contributed by atoms with E-state index >= 15 is 0 Å². The Hall–Kier alpha value is -2.08. The Morgan fingerprint density at radius 1 is 1.12 bits per heavy atom. The lowest BCUT2D eigenvalue weighted by molar-refractivity contribution is -0.121. The van der Waals surface area contributed by atoms with Gasteiger partial charge >= 0.3 is 0 Å². The molecule has 0 spiro atoms. The number of hydrogen-bond donors (Lipinski definition) is 1. The van der Waals surface area contributed by atoms with Crippen LogP contribution in [-0.2, 0) is 9.53 Å². The average Bonchev–Trinajstić information content (AvgIpc) is 3.07. The number of rotatable bonds is 4. The topological polar surface area (TPSA) is 75.9 Å². The molecule has 0 bridgehead atoms. The largest absolute Gasteiger partial charge is 0.380 e. The van der Waals surface area contributed by atoms with Gasteiger partial charge in [0, 0.05) is 44.4 Å². The van der Waals surface area contributed by atoms with E-state index in [1.807, 2.05) is 24.3 Å². The average molecular weight is 331 g/mol. The molecule has 2 atom stereocenters. The number of amides is 2. The Morgan fingerprint density at radius 2 is 1.79 bits per heavy atom. The van der Waals surface area contributed by atoms with Crippen LogP contribution >= 0.6 is 0 Å². The molecule has 6 nitrogen and oxygen atoms in total. The highest BCUT2D eigenvalue weighted by molar-refractivity contribution is 5.98. The van der Waals surface area contributed by atoms with Gasteiger partial charge in [0.15, 0.2) is 0 Å². The summed E-state index contributed by atoms with van der Waals surface area (Å²) in [6, 6.07) is 7.06. The maximum Gasteiger partial charge on any atom is 0.254 e. The summed E-state index contributed by atoms with van der Waals surface area (Å²) in [6.07, 6.45) is 4.04. The molecule has 2 N–H and O–H groups in total. The van der Waals surface area contributed by atoms with E-state index in [1.54, 1.807) is 7.11 Å². The maximum atomic E-state index is 12.8. The summed E-state index contributed by atoms with van der Waals surface area (Å²) in [5, 5.41) is 0. The molecular weight excluding hydrogens is 306 g/mol. The summed E-state index contributed by atoms with van der Waals surface area (Å²) in [5.41, 5.74) is 7.18. The number of methoxy groups -OCH3 is 1. The smallest absolute Gasteiger partial charge is 0.254 e. The zero-order valence-corrected chi connectivity index (χ0v) is 14.1. The number of carbonyl (C=O) groups is 2. The predicted octanol–water partition coefficient (Wildman–Crippen LogP) is 1.39. The summed E-state index contributed by atoms with van der Waals surface area (Å²) >= 11 is 0. The zero-order chi connectivity index (χ0) is 17.1. The Morgan fingerprint density at radius 3 is 2.38 bits per heavy atom. The third-order valence-electron chi connectivity index (χ3n) is 5.02. The fourth-order valence-corrected chi connectivity index (χ4v) is 3.60. The number of benzene rings is 1. The Bertz CT molecular complexity index is 596. The monoisotopic (exact) mass is 331 g/mol. The van der Waals surface area contributed by atoms with Gasteiger partial charge in [0.05, 0.1) is 6.10 Å². The molecule has 0 saturated carbocycles. The Kier molecular flexibility index (Phi) is 5.04. The molecule has 3 rings (SSSR count). The lowest BCUT2D eigenvalue weighted by Gasteiger charge is -2.29. The summed E-state index contributed by atoms with van der Waals surface area (Å²) < 4.78 is 5.30. The SMILES string of the molecule is CO[C@H]1C[C@@H](C(N)=O)N(C(=O)c2ccc(N3CCCCC3)cc2)C1. The molecule has 2 amide bonds. The van der Waals surface area contributed by atoms with E-state index in [1.165, 1.54) is 24.2 Å². The second-order valence-corrected chi connectivity index (χ2v) is 6.56. The zero-order valence-electron chi connectivity index (χ0n) is 14.1. The highest BCUT2D eigenvalue weighted by Gasteiger charge is 2.39. The second-order valence-electron chi connectivity index (χ2n) is 6.56. The van der Waals surface area contributed by atoms with Gasteiger partial charge in [0.1, 0.15) is 6.04 Å². The van der Waals surface area contributed by atoms with Crippen molar-refractivity contribution in [3.8, 4) is 0 Å². The summed E-state index contributed by atoms with van der Waals surface area (Å²) in [5.74, 6) is -0.642. The first-order chi connectivity index (χ1) is 11.6. The van der Waals surface area contributed by atoms with Crippen molar-refractivity contribution in [3.05, 3.63) is 29.8 Å². The van der Waals surface area contributed by atoms with Crippen molar-refractivity contribution in [1.29, 1.82) is 0 Å². The molecule has 130 valence electrons. The lowest BCUT2D eigenvalue weighted by Crippen LogP contribution is -2.43. The normalized spacial score (nSPS) is 24.2. The summed E-state index contributed by atoms with van der Waals surface area (Å²) in [7, 11) is 1.59. The second kappa shape index (κ2) is 7.21. The van der Waals surface area contributed by atoms with Crippen molar-refractivity contribution in [2.24, 2.45) is 5.73 Å². The number of nitrogens with zero attached hydrogens (tertiary/aromatic N) is 2. The quantitative estimate of drug-likeness (QED) is 0.905. The van der Waals surface area contributed by atoms with E-state index < -0.39 is 11.9 Å². The van der Waals surface area contributed by atoms with Crippen molar-refractivity contribution in [1.82, 2.24) is 4.90 Å². The Labute approximate surface area is 142 Å². The molecule has 0 aliphatic carbocycles. The Balaban J connectivity index is 1.73. The number of likely N-dealkylation sites (tertiary alicyclic amines) is 1. The molecule has 1 aromatic rings. The van der Waals surface area contributed by atoms with Gasteiger partial charge in [-0.25, -0.2) is 0 Å². The van der Waals surface area contributed by atoms with Gasteiger partial charge in [-0.05, 0) is 43.5 Å². The third kappa shape index (κ3) is 3.38. The molecule has 24 heavy (non-hydrogen) atoms. The van der Waals surface area contributed by atoms with Crippen molar-refractivity contribution in [2.45, 2.75) is 37.8 Å². The van der Waals surface area contributed by atoms with Crippen molar-refractivity contribution < 1.29 is 14.3 Å². The van der Waals surface area contributed by atoms with Gasteiger partial charge in [-0.15, -0.1) is 0 Å². The molecule has 0 radical (unpaired) electrons. The molecular formula is C18H25N3O3. The van der Waals surface area contributed by atoms with Gasteiger partial charge in [-0.2, -0.15) is 0 Å². The van der Waals surface area contributed by atoms with Gasteiger partial charge in [0.2, 0.25) is 5.91 Å². The van der Waals surface area contributed by atoms with E-state index in [0.717, 1.165) is 18.8 Å². The minimum atomic E-state index is -0.593. The molecule has 6 heteroatoms. The van der Waals surface area contributed by atoms with Gasteiger partial charge in [-0.3, -0.25) is 9.59 Å². The van der Waals surface area contributed by atoms with Crippen LogP contribution < -0.4 is 10.6 Å². The first-order valence-electron chi connectivity index (χ1n) is 8.58. The molecule has 2 saturated heterocycles. The maximum absolute atomic E-state index is 12.8. The highest BCUT2D eigenvalue weighted by Crippen LogP contribution is 2.24. The van der Waals surface area contributed by atoms with Crippen molar-refractivity contribution in [2.75, 3.05) is 31.6 Å². The molecule has 0 aromatic heterocycles. The van der Waals surface area contributed by atoms with Gasteiger partial charge in [-0.1, -0.05) is 0 Å². The van der Waals surface area contributed by atoms with E-state index in [2.05, 4.69) is 4.90 Å². The van der Waals surface area contributed by atoms with Crippen LogP contribution in [0.4, 0.5) is 5.69 Å². The van der Waals surface area contributed by atoms with Crippen LogP contribution in [0.25, 0.3) is 0 Å². The molecule has 2 heterocycles. The van der Waals surface area contributed by atoms with Crippen LogP contribution in [0.5, 0.6) is 0 Å². The van der Waals surface area contributed by atoms with Crippen molar-refractivity contribution >= 4 is 17.5 Å². The van der Waals surface area contributed by atoms with Crippen LogP contribution in [0.15, 0.2) is 24.3 Å². The first kappa shape index (κ1) is 16.8. The minimum Gasteiger partial charge on any atom is -0.380 e. The summed E-state index contributed by atoms with van der Waals surface area (Å²) in [4.78, 5) is 28.3. The summed E-state index contributed by atoms with van der Waals surface area (Å²) in [6.45, 7) is 2.54. The van der Waals surface area contributed by atoms with E-state index in [4.69, 9.17) is 10.5 Å². The number of anilines is 1. The van der Waals surface area contributed by atoms with E-state index in [0.29, 0.717) is 18.5 Å². The third-order valence-corrected chi connectivity index (χ3v) is 5.02. The number of primary amides is 1. The molecule has 2 aliphatic heterocycles. The lowest BCUT2D eigenvalue weighted by atomic mass is 10.1. The first-order valence-corrected chi connectivity index (χ1v) is 8.58. The fraction of sp³-hybridized carbons (Fsp3) is 0.556. The highest BCUT2D eigenvalue weighted by atomic mass is 16.5. The van der Waals surface area contributed by atoms with E-state index in [9.17, 15) is 9.59 Å². The number of ether oxygens (including phenoxy) is 1.